The van der Waals surface area contributed by atoms with Crippen LogP contribution in [0.1, 0.15) is 49.8 Å². The van der Waals surface area contributed by atoms with Gasteiger partial charge in [-0.3, -0.25) is 5.41 Å². The smallest absolute Gasteiger partial charge is 0.129 e. The average Bonchev–Trinajstić information content (AvgIpc) is 2.46. The van der Waals surface area contributed by atoms with Crippen molar-refractivity contribution in [1.29, 1.82) is 5.41 Å². The molecule has 1 aliphatic carbocycles. The van der Waals surface area contributed by atoms with Crippen LogP contribution in [0, 0.1) is 18.3 Å². The molecule has 20 heavy (non-hydrogen) atoms. The van der Waals surface area contributed by atoms with Gasteiger partial charge in [0.15, 0.2) is 0 Å². The van der Waals surface area contributed by atoms with Crippen molar-refractivity contribution in [3.05, 3.63) is 23.4 Å². The fraction of sp³-hybridized carbons (Fsp3) is 0.625. The number of aromatic nitrogens is 1. The molecule has 2 aliphatic rings. The number of nitrogens with zero attached hydrogens (tertiary/aromatic N) is 2. The van der Waals surface area contributed by atoms with Crippen molar-refractivity contribution >= 4 is 11.7 Å². The number of hydrogen-bond donors (Lipinski definition) is 2. The van der Waals surface area contributed by atoms with E-state index in [0.717, 1.165) is 29.5 Å². The van der Waals surface area contributed by atoms with Crippen LogP contribution in [0.3, 0.4) is 0 Å². The summed E-state index contributed by atoms with van der Waals surface area (Å²) in [5.41, 5.74) is 7.40. The first-order valence-electron chi connectivity index (χ1n) is 7.75. The predicted molar refractivity (Wildman–Crippen MR) is 82.3 cm³/mol. The van der Waals surface area contributed by atoms with E-state index in [1.54, 1.807) is 0 Å². The number of aryl methyl sites for hydroxylation is 1. The molecular weight excluding hydrogens is 248 g/mol. The first-order chi connectivity index (χ1) is 9.65. The number of fused-ring (bicyclic) bond motifs is 1. The summed E-state index contributed by atoms with van der Waals surface area (Å²) in [5, 5.41) is 7.66. The zero-order valence-electron chi connectivity index (χ0n) is 12.2. The quantitative estimate of drug-likeness (QED) is 0.642. The van der Waals surface area contributed by atoms with Gasteiger partial charge in [-0.25, -0.2) is 4.98 Å². The average molecular weight is 272 g/mol. The molecule has 1 saturated heterocycles. The second-order valence-electron chi connectivity index (χ2n) is 6.22. The summed E-state index contributed by atoms with van der Waals surface area (Å²) in [6.07, 6.45) is 8.00. The summed E-state index contributed by atoms with van der Waals surface area (Å²) >= 11 is 0. The molecule has 0 bridgehead atoms. The number of hydrogen-bond acceptors (Lipinski definition) is 3. The van der Waals surface area contributed by atoms with Crippen molar-refractivity contribution < 1.29 is 0 Å². The van der Waals surface area contributed by atoms with Gasteiger partial charge in [-0.15, -0.1) is 0 Å². The maximum absolute atomic E-state index is 7.66. The Kier molecular flexibility index (Phi) is 3.64. The number of pyridine rings is 1. The highest BCUT2D eigenvalue weighted by atomic mass is 15.2. The van der Waals surface area contributed by atoms with E-state index in [2.05, 4.69) is 4.90 Å². The van der Waals surface area contributed by atoms with Crippen molar-refractivity contribution in [2.75, 3.05) is 11.4 Å². The van der Waals surface area contributed by atoms with E-state index < -0.39 is 0 Å². The largest absolute Gasteiger partial charge is 0.384 e. The van der Waals surface area contributed by atoms with Crippen LogP contribution in [0.15, 0.2) is 12.1 Å². The minimum Gasteiger partial charge on any atom is -0.384 e. The van der Waals surface area contributed by atoms with E-state index in [4.69, 9.17) is 16.1 Å². The summed E-state index contributed by atoms with van der Waals surface area (Å²) in [6, 6.07) is 4.53. The molecule has 4 nitrogen and oxygen atoms in total. The highest BCUT2D eigenvalue weighted by Gasteiger charge is 2.33. The van der Waals surface area contributed by atoms with Crippen LogP contribution in [-0.2, 0) is 0 Å². The van der Waals surface area contributed by atoms with E-state index in [0.29, 0.717) is 6.04 Å². The predicted octanol–water partition coefficient (Wildman–Crippen LogP) is 2.83. The Bertz CT molecular complexity index is 509. The number of nitrogens with two attached hydrogens (primary N) is 1. The number of amidine groups is 1. The van der Waals surface area contributed by atoms with Gasteiger partial charge >= 0.3 is 0 Å². The number of anilines is 1. The lowest BCUT2D eigenvalue weighted by Gasteiger charge is -2.45. The van der Waals surface area contributed by atoms with Gasteiger partial charge in [0.25, 0.3) is 0 Å². The lowest BCUT2D eigenvalue weighted by molar-refractivity contribution is 0.242. The Labute approximate surface area is 120 Å². The first kappa shape index (κ1) is 13.4. The van der Waals surface area contributed by atoms with E-state index in [1.807, 2.05) is 19.1 Å². The topological polar surface area (TPSA) is 66.0 Å². The molecule has 2 unspecified atom stereocenters. The molecule has 1 saturated carbocycles. The van der Waals surface area contributed by atoms with Gasteiger partial charge in [0.05, 0.1) is 0 Å². The zero-order chi connectivity index (χ0) is 14.1. The number of rotatable bonds is 2. The van der Waals surface area contributed by atoms with E-state index in [-0.39, 0.29) is 5.84 Å². The van der Waals surface area contributed by atoms with Crippen molar-refractivity contribution in [3.8, 4) is 0 Å². The maximum Gasteiger partial charge on any atom is 0.129 e. The molecule has 3 rings (SSSR count). The minimum absolute atomic E-state index is 0.133. The molecular formula is C16H24N4. The molecule has 108 valence electrons. The van der Waals surface area contributed by atoms with Crippen molar-refractivity contribution in [2.24, 2.45) is 11.7 Å². The van der Waals surface area contributed by atoms with Gasteiger partial charge in [-0.05, 0) is 50.7 Å². The molecule has 0 amide bonds. The van der Waals surface area contributed by atoms with Crippen LogP contribution in [0.2, 0.25) is 0 Å². The van der Waals surface area contributed by atoms with Crippen LogP contribution in [0.25, 0.3) is 0 Å². The number of piperidine rings is 1. The molecule has 1 aromatic rings. The number of nitrogens with one attached hydrogen (secondary N) is 1. The molecule has 1 aliphatic heterocycles. The molecule has 2 atom stereocenters. The third-order valence-electron chi connectivity index (χ3n) is 4.79. The minimum atomic E-state index is 0.133. The first-order valence-corrected chi connectivity index (χ1v) is 7.75. The summed E-state index contributed by atoms with van der Waals surface area (Å²) in [5.74, 6) is 1.99. The van der Waals surface area contributed by atoms with Gasteiger partial charge in [0, 0.05) is 23.8 Å². The second-order valence-corrected chi connectivity index (χ2v) is 6.22. The van der Waals surface area contributed by atoms with Crippen LogP contribution in [0.5, 0.6) is 0 Å². The lowest BCUT2D eigenvalue weighted by atomic mass is 9.78. The van der Waals surface area contributed by atoms with E-state index in [1.165, 1.54) is 38.5 Å². The van der Waals surface area contributed by atoms with Gasteiger partial charge in [0.1, 0.15) is 11.7 Å². The molecule has 0 aromatic carbocycles. The maximum atomic E-state index is 7.66. The zero-order valence-corrected chi connectivity index (χ0v) is 12.2. The van der Waals surface area contributed by atoms with E-state index in [9.17, 15) is 0 Å². The van der Waals surface area contributed by atoms with Crippen molar-refractivity contribution in [1.82, 2.24) is 4.98 Å². The fourth-order valence-electron chi connectivity index (χ4n) is 3.86. The number of nitrogen functional groups attached to an aromatic ring is 1. The lowest BCUT2D eigenvalue weighted by Crippen LogP contribution is -2.47. The highest BCUT2D eigenvalue weighted by molar-refractivity contribution is 5.95. The summed E-state index contributed by atoms with van der Waals surface area (Å²) in [7, 11) is 0. The Morgan fingerprint density at radius 2 is 2.00 bits per heavy atom. The van der Waals surface area contributed by atoms with Crippen molar-refractivity contribution in [2.45, 2.75) is 51.5 Å². The van der Waals surface area contributed by atoms with Gasteiger partial charge < -0.3 is 10.6 Å². The SMILES string of the molecule is Cc1cc(C(=N)N)cc(N2CCCC3CCCCC32)n1. The molecule has 3 N–H and O–H groups in total. The molecule has 2 heterocycles. The van der Waals surface area contributed by atoms with Gasteiger partial charge in [-0.2, -0.15) is 0 Å². The molecule has 4 heteroatoms. The van der Waals surface area contributed by atoms with Crippen LogP contribution >= 0.6 is 0 Å². The Balaban J connectivity index is 1.92. The molecule has 2 fully saturated rings. The molecule has 1 aromatic heterocycles. The summed E-state index contributed by atoms with van der Waals surface area (Å²) in [4.78, 5) is 7.18. The Morgan fingerprint density at radius 3 is 2.80 bits per heavy atom. The summed E-state index contributed by atoms with van der Waals surface area (Å²) in [6.45, 7) is 3.08. The van der Waals surface area contributed by atoms with Crippen LogP contribution < -0.4 is 10.6 Å². The standard InChI is InChI=1S/C16H24N4/c1-11-9-13(16(17)18)10-15(19-11)20-8-4-6-12-5-2-3-7-14(12)20/h9-10,12,14H,2-8H2,1H3,(H3,17,18). The van der Waals surface area contributed by atoms with Gasteiger partial charge in [0.2, 0.25) is 0 Å². The van der Waals surface area contributed by atoms with Gasteiger partial charge in [-0.1, -0.05) is 12.8 Å². The van der Waals surface area contributed by atoms with Crippen LogP contribution in [-0.4, -0.2) is 23.4 Å². The van der Waals surface area contributed by atoms with Crippen molar-refractivity contribution in [3.63, 3.8) is 0 Å². The Morgan fingerprint density at radius 1 is 1.25 bits per heavy atom. The highest BCUT2D eigenvalue weighted by Crippen LogP contribution is 2.37. The summed E-state index contributed by atoms with van der Waals surface area (Å²) < 4.78 is 0. The Hall–Kier alpha value is -1.58. The third-order valence-corrected chi connectivity index (χ3v) is 4.79. The fourth-order valence-corrected chi connectivity index (χ4v) is 3.86. The second kappa shape index (κ2) is 5.43. The normalized spacial score (nSPS) is 26.1. The van der Waals surface area contributed by atoms with Crippen LogP contribution in [0.4, 0.5) is 5.82 Å². The molecule has 0 radical (unpaired) electrons. The van der Waals surface area contributed by atoms with E-state index >= 15 is 0 Å². The third kappa shape index (κ3) is 2.51. The molecule has 0 spiro atoms. The monoisotopic (exact) mass is 272 g/mol.